The molecule has 3 heteroatoms. The van der Waals surface area contributed by atoms with E-state index in [1.165, 1.54) is 24.0 Å². The van der Waals surface area contributed by atoms with Gasteiger partial charge in [-0.2, -0.15) is 0 Å². The summed E-state index contributed by atoms with van der Waals surface area (Å²) in [5, 5.41) is 10.1. The third-order valence-electron chi connectivity index (χ3n) is 5.90. The molecule has 1 aliphatic carbocycles. The Morgan fingerprint density at radius 2 is 2.00 bits per heavy atom. The number of aliphatic hydroxyl groups excluding tert-OH is 1. The van der Waals surface area contributed by atoms with Gasteiger partial charge in [0.05, 0.1) is 6.61 Å². The van der Waals surface area contributed by atoms with Crippen LogP contribution in [0.2, 0.25) is 0 Å². The van der Waals surface area contributed by atoms with Crippen LogP contribution in [0.1, 0.15) is 56.9 Å². The van der Waals surface area contributed by atoms with E-state index in [0.717, 1.165) is 45.1 Å². The van der Waals surface area contributed by atoms with Crippen molar-refractivity contribution in [3.63, 3.8) is 0 Å². The first kappa shape index (κ1) is 18.2. The van der Waals surface area contributed by atoms with Crippen molar-refractivity contribution in [1.82, 2.24) is 4.90 Å². The van der Waals surface area contributed by atoms with Crippen LogP contribution in [0, 0.1) is 5.41 Å². The number of allylic oxidation sites excluding steroid dienone is 1. The minimum atomic E-state index is -0.134. The van der Waals surface area contributed by atoms with Crippen molar-refractivity contribution in [3.8, 4) is 0 Å². The topological polar surface area (TPSA) is 40.5 Å². The van der Waals surface area contributed by atoms with Crippen molar-refractivity contribution < 1.29 is 9.90 Å². The summed E-state index contributed by atoms with van der Waals surface area (Å²) in [7, 11) is 0. The fourth-order valence-electron chi connectivity index (χ4n) is 4.26. The molecule has 1 fully saturated rings. The Labute approximate surface area is 151 Å². The predicted molar refractivity (Wildman–Crippen MR) is 101 cm³/mol. The number of nitrogens with zero attached hydrogens (tertiary/aromatic N) is 1. The van der Waals surface area contributed by atoms with Crippen molar-refractivity contribution in [2.75, 3.05) is 19.7 Å². The van der Waals surface area contributed by atoms with Gasteiger partial charge in [0.1, 0.15) is 0 Å². The molecule has 1 saturated heterocycles. The molecule has 0 radical (unpaired) electrons. The zero-order chi connectivity index (χ0) is 17.5. The highest BCUT2D eigenvalue weighted by Crippen LogP contribution is 2.35. The molecule has 0 spiro atoms. The summed E-state index contributed by atoms with van der Waals surface area (Å²) in [4.78, 5) is 14.8. The van der Waals surface area contributed by atoms with Crippen molar-refractivity contribution in [2.24, 2.45) is 5.41 Å². The molecule has 1 heterocycles. The van der Waals surface area contributed by atoms with Crippen LogP contribution in [0.25, 0.3) is 0 Å². The van der Waals surface area contributed by atoms with Gasteiger partial charge in [-0.1, -0.05) is 42.0 Å². The van der Waals surface area contributed by atoms with Gasteiger partial charge in [-0.25, -0.2) is 0 Å². The maximum Gasteiger partial charge on any atom is 0.226 e. The quantitative estimate of drug-likeness (QED) is 0.791. The van der Waals surface area contributed by atoms with E-state index in [1.807, 2.05) is 11.0 Å². The fraction of sp³-hybridized carbons (Fsp3) is 0.591. The molecule has 2 aliphatic rings. The van der Waals surface area contributed by atoms with Gasteiger partial charge in [0.2, 0.25) is 5.91 Å². The van der Waals surface area contributed by atoms with E-state index in [2.05, 4.69) is 30.3 Å². The van der Waals surface area contributed by atoms with Gasteiger partial charge in [0.25, 0.3) is 0 Å². The molecule has 1 aliphatic heterocycles. The van der Waals surface area contributed by atoms with Gasteiger partial charge in [0, 0.05) is 24.9 Å². The summed E-state index contributed by atoms with van der Waals surface area (Å²) in [5.41, 5.74) is 2.50. The number of rotatable bonds is 6. The highest BCUT2D eigenvalue weighted by molar-refractivity contribution is 5.79. The zero-order valence-corrected chi connectivity index (χ0v) is 15.3. The normalized spacial score (nSPS) is 24.0. The molecule has 0 aromatic heterocycles. The average Bonchev–Trinajstić information content (AvgIpc) is 2.68. The van der Waals surface area contributed by atoms with Crippen LogP contribution in [-0.4, -0.2) is 35.6 Å². The van der Waals surface area contributed by atoms with E-state index in [-0.39, 0.29) is 17.9 Å². The zero-order valence-electron chi connectivity index (χ0n) is 15.3. The van der Waals surface area contributed by atoms with E-state index in [1.54, 1.807) is 0 Å². The van der Waals surface area contributed by atoms with Crippen LogP contribution in [0.5, 0.6) is 0 Å². The summed E-state index contributed by atoms with van der Waals surface area (Å²) < 4.78 is 0. The number of piperidine rings is 1. The third kappa shape index (κ3) is 4.94. The second-order valence-corrected chi connectivity index (χ2v) is 7.85. The first-order valence-electron chi connectivity index (χ1n) is 9.81. The minimum absolute atomic E-state index is 0.134. The largest absolute Gasteiger partial charge is 0.396 e. The number of aryl methyl sites for hydroxylation is 1. The highest BCUT2D eigenvalue weighted by atomic mass is 16.3. The smallest absolute Gasteiger partial charge is 0.226 e. The number of hydrogen-bond donors (Lipinski definition) is 1. The number of amides is 1. The van der Waals surface area contributed by atoms with Crippen LogP contribution >= 0.6 is 0 Å². The first-order valence-corrected chi connectivity index (χ1v) is 9.81. The van der Waals surface area contributed by atoms with E-state index in [9.17, 15) is 9.90 Å². The van der Waals surface area contributed by atoms with Gasteiger partial charge < -0.3 is 10.0 Å². The molecule has 1 aromatic rings. The van der Waals surface area contributed by atoms with E-state index >= 15 is 0 Å². The maximum atomic E-state index is 12.7. The number of aliphatic hydroxyl groups is 1. The van der Waals surface area contributed by atoms with Gasteiger partial charge in [-0.05, 0) is 56.9 Å². The van der Waals surface area contributed by atoms with Crippen molar-refractivity contribution >= 4 is 5.91 Å². The summed E-state index contributed by atoms with van der Waals surface area (Å²) in [6.45, 7) is 1.73. The fourth-order valence-corrected chi connectivity index (χ4v) is 4.26. The van der Waals surface area contributed by atoms with Crippen LogP contribution in [0.4, 0.5) is 0 Å². The standard InChI is InChI=1S/C22H31NO2/c24-18-22(14-12-19-8-3-1-4-9-19)13-7-15-23(17-22)21(25)16-20-10-5-2-6-11-20/h1,3-4,8-10,24H,2,5-7,11-18H2. The Morgan fingerprint density at radius 3 is 2.72 bits per heavy atom. The summed E-state index contributed by atoms with van der Waals surface area (Å²) in [5.74, 6) is 0.255. The molecular weight excluding hydrogens is 310 g/mol. The van der Waals surface area contributed by atoms with Gasteiger partial charge in [-0.3, -0.25) is 4.79 Å². The Morgan fingerprint density at radius 1 is 1.16 bits per heavy atom. The minimum Gasteiger partial charge on any atom is -0.396 e. The Balaban J connectivity index is 1.59. The van der Waals surface area contributed by atoms with Crippen LogP contribution in [0.15, 0.2) is 42.0 Å². The molecule has 25 heavy (non-hydrogen) atoms. The Bertz CT molecular complexity index is 595. The lowest BCUT2D eigenvalue weighted by Gasteiger charge is -2.42. The molecule has 136 valence electrons. The molecule has 1 aromatic carbocycles. The van der Waals surface area contributed by atoms with Crippen LogP contribution < -0.4 is 0 Å². The van der Waals surface area contributed by atoms with Crippen LogP contribution in [0.3, 0.4) is 0 Å². The Hall–Kier alpha value is -1.61. The molecule has 0 saturated carbocycles. The van der Waals surface area contributed by atoms with E-state index in [0.29, 0.717) is 13.0 Å². The lowest BCUT2D eigenvalue weighted by molar-refractivity contribution is -0.135. The summed E-state index contributed by atoms with van der Waals surface area (Å²) in [6, 6.07) is 10.5. The van der Waals surface area contributed by atoms with Gasteiger partial charge in [0.15, 0.2) is 0 Å². The molecule has 1 amide bonds. The number of carbonyl (C=O) groups is 1. The monoisotopic (exact) mass is 341 g/mol. The van der Waals surface area contributed by atoms with Crippen molar-refractivity contribution in [3.05, 3.63) is 47.5 Å². The number of hydrogen-bond acceptors (Lipinski definition) is 2. The van der Waals surface area contributed by atoms with Crippen molar-refractivity contribution in [1.29, 1.82) is 0 Å². The molecule has 0 bridgehead atoms. The average molecular weight is 341 g/mol. The van der Waals surface area contributed by atoms with Crippen LogP contribution in [-0.2, 0) is 11.2 Å². The highest BCUT2D eigenvalue weighted by Gasteiger charge is 2.36. The molecule has 3 rings (SSSR count). The van der Waals surface area contributed by atoms with E-state index < -0.39 is 0 Å². The molecule has 1 atom stereocenters. The molecular formula is C22H31NO2. The second-order valence-electron chi connectivity index (χ2n) is 7.85. The SMILES string of the molecule is O=C(CC1=CCCCC1)N1CCCC(CO)(CCc2ccccc2)C1. The Kier molecular flexibility index (Phi) is 6.30. The molecule has 3 nitrogen and oxygen atoms in total. The number of likely N-dealkylation sites (tertiary alicyclic amines) is 1. The summed E-state index contributed by atoms with van der Waals surface area (Å²) in [6.07, 6.45) is 11.5. The number of benzene rings is 1. The third-order valence-corrected chi connectivity index (χ3v) is 5.90. The maximum absolute atomic E-state index is 12.7. The number of carbonyl (C=O) groups excluding carboxylic acids is 1. The lowest BCUT2D eigenvalue weighted by atomic mass is 9.76. The summed E-state index contributed by atoms with van der Waals surface area (Å²) >= 11 is 0. The second kappa shape index (κ2) is 8.66. The first-order chi connectivity index (χ1) is 12.2. The lowest BCUT2D eigenvalue weighted by Crippen LogP contribution is -2.48. The van der Waals surface area contributed by atoms with E-state index in [4.69, 9.17) is 0 Å². The van der Waals surface area contributed by atoms with Gasteiger partial charge in [-0.15, -0.1) is 0 Å². The van der Waals surface area contributed by atoms with Crippen molar-refractivity contribution in [2.45, 2.75) is 57.8 Å². The van der Waals surface area contributed by atoms with Gasteiger partial charge >= 0.3 is 0 Å². The predicted octanol–water partition coefficient (Wildman–Crippen LogP) is 4.11. The molecule has 1 unspecified atom stereocenters. The molecule has 1 N–H and O–H groups in total.